The lowest BCUT2D eigenvalue weighted by atomic mass is 9.88. The first-order valence-corrected chi connectivity index (χ1v) is 14.8. The Labute approximate surface area is 262 Å². The summed E-state index contributed by atoms with van der Waals surface area (Å²) in [5.74, 6) is -3.74. The van der Waals surface area contributed by atoms with Gasteiger partial charge >= 0.3 is 6.36 Å². The molecule has 0 radical (unpaired) electrons. The van der Waals surface area contributed by atoms with Crippen molar-refractivity contribution in [3.05, 3.63) is 64.9 Å². The number of piperidine rings is 1. The number of aromatic nitrogens is 1. The SMILES string of the molecule is CCC(N)C(=O)NCC(=O)NCc1ccc(F)c(C2CCN(C(=O)c3cn(CCOC)c4c(F)ccc(OC(F)(F)F)c34)CC2)c1. The maximum Gasteiger partial charge on any atom is 0.573 e. The molecule has 0 spiro atoms. The molecule has 10 nitrogen and oxygen atoms in total. The predicted octanol–water partition coefficient (Wildman–Crippen LogP) is 3.95. The molecule has 3 amide bonds. The van der Waals surface area contributed by atoms with Crippen molar-refractivity contribution < 1.29 is 45.8 Å². The van der Waals surface area contributed by atoms with Crippen molar-refractivity contribution in [2.24, 2.45) is 5.73 Å². The largest absolute Gasteiger partial charge is 0.573 e. The fourth-order valence-corrected chi connectivity index (χ4v) is 5.44. The Kier molecular flexibility index (Phi) is 11.2. The Hall–Kier alpha value is -4.24. The maximum absolute atomic E-state index is 14.9. The van der Waals surface area contributed by atoms with Gasteiger partial charge in [0.1, 0.15) is 17.4 Å². The third-order valence-electron chi connectivity index (χ3n) is 7.90. The first kappa shape index (κ1) is 34.6. The number of halogens is 5. The van der Waals surface area contributed by atoms with E-state index in [2.05, 4.69) is 15.4 Å². The molecule has 1 unspecified atom stereocenters. The van der Waals surface area contributed by atoms with E-state index in [1.54, 1.807) is 13.0 Å². The second kappa shape index (κ2) is 14.9. The van der Waals surface area contributed by atoms with Crippen LogP contribution in [0.5, 0.6) is 5.75 Å². The molecule has 0 saturated carbocycles. The average Bonchev–Trinajstić information content (AvgIpc) is 3.43. The summed E-state index contributed by atoms with van der Waals surface area (Å²) in [6, 6.07) is 5.44. The van der Waals surface area contributed by atoms with E-state index in [-0.39, 0.29) is 61.7 Å². The molecule has 1 aromatic heterocycles. The number of hydrogen-bond acceptors (Lipinski definition) is 6. The molecule has 1 saturated heterocycles. The van der Waals surface area contributed by atoms with Crippen LogP contribution in [0.1, 0.15) is 53.6 Å². The molecule has 1 aliphatic rings. The van der Waals surface area contributed by atoms with Crippen molar-refractivity contribution in [1.29, 1.82) is 0 Å². The van der Waals surface area contributed by atoms with Crippen LogP contribution in [0.2, 0.25) is 0 Å². The Morgan fingerprint density at radius 3 is 2.41 bits per heavy atom. The van der Waals surface area contributed by atoms with Gasteiger partial charge in [0.25, 0.3) is 5.91 Å². The van der Waals surface area contributed by atoms with E-state index in [1.165, 1.54) is 34.9 Å². The lowest BCUT2D eigenvalue weighted by Crippen LogP contribution is -2.44. The highest BCUT2D eigenvalue weighted by Crippen LogP contribution is 2.38. The predicted molar refractivity (Wildman–Crippen MR) is 158 cm³/mol. The van der Waals surface area contributed by atoms with Gasteiger partial charge in [0, 0.05) is 39.5 Å². The van der Waals surface area contributed by atoms with Crippen LogP contribution in [0.25, 0.3) is 10.9 Å². The topological polar surface area (TPSA) is 128 Å². The molecule has 46 heavy (non-hydrogen) atoms. The lowest BCUT2D eigenvalue weighted by molar-refractivity contribution is -0.274. The van der Waals surface area contributed by atoms with Crippen LogP contribution in [0.4, 0.5) is 22.0 Å². The van der Waals surface area contributed by atoms with Gasteiger partial charge in [-0.1, -0.05) is 19.1 Å². The number of ether oxygens (including phenoxy) is 2. The second-order valence-corrected chi connectivity index (χ2v) is 11.0. The van der Waals surface area contributed by atoms with Crippen molar-refractivity contribution in [3.63, 3.8) is 0 Å². The van der Waals surface area contributed by atoms with Gasteiger partial charge in [-0.05, 0) is 54.5 Å². The summed E-state index contributed by atoms with van der Waals surface area (Å²) in [4.78, 5) is 39.1. The summed E-state index contributed by atoms with van der Waals surface area (Å²) >= 11 is 0. The zero-order valence-electron chi connectivity index (χ0n) is 25.4. The lowest BCUT2D eigenvalue weighted by Gasteiger charge is -2.32. The number of carbonyl (C=O) groups is 3. The number of hydrogen-bond donors (Lipinski definition) is 3. The van der Waals surface area contributed by atoms with Crippen molar-refractivity contribution in [3.8, 4) is 5.75 Å². The Bertz CT molecular complexity index is 1570. The summed E-state index contributed by atoms with van der Waals surface area (Å²) in [6.45, 7) is 2.10. The molecular formula is C31H36F5N5O5. The number of methoxy groups -OCH3 is 1. The standard InChI is InChI=1S/C31H36F5N5O5/c1-3-24(37)29(43)39-16-26(42)38-15-18-4-5-22(32)20(14-18)19-8-10-40(11-9-19)30(44)21-17-41(12-13-45-2)28-23(33)6-7-25(27(21)28)46-31(34,35)36/h4-7,14,17,19,24H,3,8-13,15-16,37H2,1-2H3,(H,38,42)(H,39,43). The van der Waals surface area contributed by atoms with Gasteiger partial charge in [0.05, 0.1) is 35.7 Å². The smallest absolute Gasteiger partial charge is 0.405 e. The van der Waals surface area contributed by atoms with Gasteiger partial charge < -0.3 is 35.3 Å². The van der Waals surface area contributed by atoms with Gasteiger partial charge in [-0.2, -0.15) is 0 Å². The highest BCUT2D eigenvalue weighted by atomic mass is 19.4. The number of nitrogens with two attached hydrogens (primary N) is 1. The van der Waals surface area contributed by atoms with Crippen LogP contribution in [0, 0.1) is 11.6 Å². The Morgan fingerprint density at radius 1 is 1.07 bits per heavy atom. The van der Waals surface area contributed by atoms with E-state index >= 15 is 0 Å². The average molecular weight is 654 g/mol. The number of likely N-dealkylation sites (tertiary alicyclic amines) is 1. The molecule has 0 aliphatic carbocycles. The van der Waals surface area contributed by atoms with Crippen molar-refractivity contribution >= 4 is 28.6 Å². The normalized spacial score (nSPS) is 14.7. The van der Waals surface area contributed by atoms with E-state index in [0.29, 0.717) is 30.4 Å². The van der Waals surface area contributed by atoms with Crippen molar-refractivity contribution in [2.75, 3.05) is 33.4 Å². The van der Waals surface area contributed by atoms with E-state index in [9.17, 15) is 36.3 Å². The zero-order chi connectivity index (χ0) is 33.6. The van der Waals surface area contributed by atoms with E-state index in [0.717, 1.165) is 12.1 Å². The zero-order valence-corrected chi connectivity index (χ0v) is 25.4. The number of fused-ring (bicyclic) bond motifs is 1. The number of amides is 3. The highest BCUT2D eigenvalue weighted by Gasteiger charge is 2.35. The molecule has 15 heteroatoms. The minimum absolute atomic E-state index is 0.0759. The number of nitrogens with one attached hydrogen (secondary N) is 2. The third-order valence-corrected chi connectivity index (χ3v) is 7.90. The first-order chi connectivity index (χ1) is 21.8. The Morgan fingerprint density at radius 2 is 1.76 bits per heavy atom. The molecule has 3 aromatic rings. The summed E-state index contributed by atoms with van der Waals surface area (Å²) in [5, 5.41) is 4.82. The van der Waals surface area contributed by atoms with E-state index in [4.69, 9.17) is 10.5 Å². The minimum atomic E-state index is -5.07. The molecule has 4 N–H and O–H groups in total. The molecule has 1 aliphatic heterocycles. The number of benzene rings is 2. The van der Waals surface area contributed by atoms with E-state index in [1.807, 2.05) is 0 Å². The Balaban J connectivity index is 1.46. The number of alkyl halides is 3. The molecule has 4 rings (SSSR count). The summed E-state index contributed by atoms with van der Waals surface area (Å²) in [7, 11) is 1.41. The van der Waals surface area contributed by atoms with Gasteiger partial charge in [0.15, 0.2) is 0 Å². The molecule has 250 valence electrons. The van der Waals surface area contributed by atoms with Crippen LogP contribution >= 0.6 is 0 Å². The minimum Gasteiger partial charge on any atom is -0.405 e. The second-order valence-electron chi connectivity index (χ2n) is 11.0. The molecule has 1 atom stereocenters. The quantitative estimate of drug-likeness (QED) is 0.254. The summed E-state index contributed by atoms with van der Waals surface area (Å²) in [6.07, 6.45) is -2.64. The number of rotatable bonds is 12. The van der Waals surface area contributed by atoms with Gasteiger partial charge in [0.2, 0.25) is 11.8 Å². The molecule has 2 aromatic carbocycles. The fourth-order valence-electron chi connectivity index (χ4n) is 5.44. The van der Waals surface area contributed by atoms with Gasteiger partial charge in [-0.3, -0.25) is 14.4 Å². The maximum atomic E-state index is 14.9. The number of carbonyl (C=O) groups excluding carboxylic acids is 3. The molecule has 1 fully saturated rings. The molecule has 2 heterocycles. The highest BCUT2D eigenvalue weighted by molar-refractivity contribution is 6.09. The van der Waals surface area contributed by atoms with E-state index < -0.39 is 47.5 Å². The third kappa shape index (κ3) is 8.31. The first-order valence-electron chi connectivity index (χ1n) is 14.8. The van der Waals surface area contributed by atoms with Gasteiger partial charge in [-0.15, -0.1) is 13.2 Å². The van der Waals surface area contributed by atoms with Gasteiger partial charge in [-0.25, -0.2) is 8.78 Å². The molecule has 0 bridgehead atoms. The fraction of sp³-hybridized carbons (Fsp3) is 0.452. The number of nitrogens with zero attached hydrogens (tertiary/aromatic N) is 2. The van der Waals surface area contributed by atoms with Crippen LogP contribution in [0.15, 0.2) is 36.5 Å². The van der Waals surface area contributed by atoms with Crippen LogP contribution < -0.4 is 21.1 Å². The van der Waals surface area contributed by atoms with Crippen LogP contribution in [-0.4, -0.2) is 72.9 Å². The monoisotopic (exact) mass is 653 g/mol. The van der Waals surface area contributed by atoms with Crippen molar-refractivity contribution in [2.45, 2.75) is 57.6 Å². The summed E-state index contributed by atoms with van der Waals surface area (Å²) in [5.41, 5.74) is 6.30. The molecular weight excluding hydrogens is 617 g/mol. The van der Waals surface area contributed by atoms with Crippen LogP contribution in [0.3, 0.4) is 0 Å². The van der Waals surface area contributed by atoms with Crippen LogP contribution in [-0.2, 0) is 27.4 Å². The summed E-state index contributed by atoms with van der Waals surface area (Å²) < 4.78 is 80.0. The van der Waals surface area contributed by atoms with Crippen molar-refractivity contribution in [1.82, 2.24) is 20.1 Å².